The van der Waals surface area contributed by atoms with Crippen molar-refractivity contribution in [2.24, 2.45) is 4.99 Å². The van der Waals surface area contributed by atoms with E-state index in [1.54, 1.807) is 25.5 Å². The Balaban J connectivity index is 0.00000363. The van der Waals surface area contributed by atoms with Gasteiger partial charge in [-0.05, 0) is 25.3 Å². The Hall–Kier alpha value is -1.50. The lowest BCUT2D eigenvalue weighted by Crippen LogP contribution is -2.50. The van der Waals surface area contributed by atoms with E-state index in [0.717, 1.165) is 50.5 Å². The van der Waals surface area contributed by atoms with Crippen molar-refractivity contribution in [1.82, 2.24) is 25.5 Å². The second kappa shape index (κ2) is 13.9. The average Bonchev–Trinajstić information content (AvgIpc) is 2.83. The molecule has 2 N–H and O–H groups in total. The maximum absolute atomic E-state index is 12.6. The summed E-state index contributed by atoms with van der Waals surface area (Å²) in [5, 5.41) is 6.99. The van der Waals surface area contributed by atoms with E-state index in [-0.39, 0.29) is 41.2 Å². The number of rotatable bonds is 7. The van der Waals surface area contributed by atoms with Crippen LogP contribution in [0, 0.1) is 0 Å². The number of nitrogens with zero attached hydrogens (tertiary/aromatic N) is 5. The van der Waals surface area contributed by atoms with Gasteiger partial charge in [0.2, 0.25) is 11.9 Å². The zero-order valence-electron chi connectivity index (χ0n) is 19.0. The van der Waals surface area contributed by atoms with Gasteiger partial charge in [0.1, 0.15) is 0 Å². The third-order valence-electron chi connectivity index (χ3n) is 5.95. The fourth-order valence-electron chi connectivity index (χ4n) is 4.19. The first kappa shape index (κ1) is 26.7. The molecule has 2 fully saturated rings. The highest BCUT2D eigenvalue weighted by atomic mass is 127. The first-order chi connectivity index (χ1) is 15.1. The molecule has 3 rings (SSSR count). The summed E-state index contributed by atoms with van der Waals surface area (Å²) in [7, 11) is 1.00. The molecule has 1 saturated carbocycles. The van der Waals surface area contributed by atoms with Crippen LogP contribution in [0.25, 0.3) is 0 Å². The molecule has 1 aromatic rings. The second-order valence-corrected chi connectivity index (χ2v) is 9.97. The van der Waals surface area contributed by atoms with Gasteiger partial charge in [0, 0.05) is 86.4 Å². The van der Waals surface area contributed by atoms with Gasteiger partial charge >= 0.3 is 0 Å². The Bertz CT molecular complexity index is 760. The first-order valence-corrected chi connectivity index (χ1v) is 12.6. The van der Waals surface area contributed by atoms with Crippen LogP contribution in [0.2, 0.25) is 0 Å². The fourth-order valence-corrected chi connectivity index (χ4v) is 5.54. The Kier molecular flexibility index (Phi) is 11.6. The van der Waals surface area contributed by atoms with E-state index in [1.165, 1.54) is 0 Å². The van der Waals surface area contributed by atoms with Gasteiger partial charge in [-0.2, -0.15) is 0 Å². The van der Waals surface area contributed by atoms with Gasteiger partial charge in [-0.15, -0.1) is 24.0 Å². The lowest BCUT2D eigenvalue weighted by Gasteiger charge is -2.34. The lowest BCUT2D eigenvalue weighted by atomic mass is 9.95. The molecule has 0 radical (unpaired) electrons. The van der Waals surface area contributed by atoms with E-state index in [9.17, 15) is 9.00 Å². The quantitative estimate of drug-likeness (QED) is 0.287. The molecule has 1 amide bonds. The minimum absolute atomic E-state index is 0. The third-order valence-corrected chi connectivity index (χ3v) is 7.69. The summed E-state index contributed by atoms with van der Waals surface area (Å²) in [6.07, 6.45) is 8.01. The molecular weight excluding hydrogens is 541 g/mol. The molecule has 1 aliphatic heterocycles. The smallest absolute Gasteiger partial charge is 0.225 e. The van der Waals surface area contributed by atoms with Crippen molar-refractivity contribution in [1.29, 1.82) is 0 Å². The van der Waals surface area contributed by atoms with Gasteiger partial charge in [0.15, 0.2) is 5.96 Å². The first-order valence-electron chi connectivity index (χ1n) is 11.2. The van der Waals surface area contributed by atoms with Gasteiger partial charge in [-0.1, -0.05) is 13.3 Å². The van der Waals surface area contributed by atoms with Crippen molar-refractivity contribution in [2.45, 2.75) is 50.3 Å². The Morgan fingerprint density at radius 2 is 1.94 bits per heavy atom. The highest BCUT2D eigenvalue weighted by molar-refractivity contribution is 14.0. The number of halogens is 1. The van der Waals surface area contributed by atoms with Crippen LogP contribution in [0.4, 0.5) is 5.95 Å². The number of amides is 1. The zero-order chi connectivity index (χ0) is 22.1. The molecule has 0 bridgehead atoms. The molecule has 32 heavy (non-hydrogen) atoms. The minimum Gasteiger partial charge on any atom is -0.356 e. The molecule has 2 heterocycles. The number of anilines is 1. The second-order valence-electron chi connectivity index (χ2n) is 7.96. The summed E-state index contributed by atoms with van der Waals surface area (Å²) >= 11 is 0. The summed E-state index contributed by atoms with van der Waals surface area (Å²) in [5.41, 5.74) is 0. The summed E-state index contributed by atoms with van der Waals surface area (Å²) in [6, 6.07) is 2.09. The van der Waals surface area contributed by atoms with Crippen LogP contribution in [-0.2, 0) is 15.6 Å². The highest BCUT2D eigenvalue weighted by Gasteiger charge is 2.26. The third kappa shape index (κ3) is 7.82. The van der Waals surface area contributed by atoms with E-state index in [0.29, 0.717) is 32.0 Å². The van der Waals surface area contributed by atoms with E-state index in [1.807, 2.05) is 11.8 Å². The number of hydrogen-bond donors (Lipinski definition) is 2. The van der Waals surface area contributed by atoms with Crippen LogP contribution in [0.3, 0.4) is 0 Å². The SMILES string of the molecule is CCS(=O)C1CCCC(NC(=NC)NCCC(=O)N2CCN(c3ncccn3)CC2)C1.I. The van der Waals surface area contributed by atoms with Crippen molar-refractivity contribution in [3.8, 4) is 0 Å². The van der Waals surface area contributed by atoms with Crippen LogP contribution < -0.4 is 15.5 Å². The fraction of sp³-hybridized carbons (Fsp3) is 0.714. The summed E-state index contributed by atoms with van der Waals surface area (Å²) < 4.78 is 12.2. The maximum atomic E-state index is 12.6. The Morgan fingerprint density at radius 3 is 2.59 bits per heavy atom. The topological polar surface area (TPSA) is 103 Å². The maximum Gasteiger partial charge on any atom is 0.225 e. The number of carbonyl (C=O) groups is 1. The largest absolute Gasteiger partial charge is 0.356 e. The van der Waals surface area contributed by atoms with Gasteiger partial charge in [-0.25, -0.2) is 9.97 Å². The molecule has 0 aromatic carbocycles. The van der Waals surface area contributed by atoms with Gasteiger partial charge in [0.25, 0.3) is 0 Å². The number of aliphatic imine (C=N–C) groups is 1. The molecule has 3 atom stereocenters. The predicted molar refractivity (Wildman–Crippen MR) is 140 cm³/mol. The van der Waals surface area contributed by atoms with Crippen LogP contribution in [-0.4, -0.2) is 87.8 Å². The van der Waals surface area contributed by atoms with E-state index < -0.39 is 10.8 Å². The molecule has 1 aliphatic carbocycles. The van der Waals surface area contributed by atoms with Crippen LogP contribution in [0.5, 0.6) is 0 Å². The van der Waals surface area contributed by atoms with Crippen LogP contribution in [0.1, 0.15) is 39.0 Å². The molecule has 9 nitrogen and oxygen atoms in total. The highest BCUT2D eigenvalue weighted by Crippen LogP contribution is 2.23. The van der Waals surface area contributed by atoms with E-state index in [2.05, 4.69) is 30.5 Å². The molecule has 0 spiro atoms. The van der Waals surface area contributed by atoms with E-state index in [4.69, 9.17) is 0 Å². The number of guanidine groups is 1. The number of aromatic nitrogens is 2. The van der Waals surface area contributed by atoms with E-state index >= 15 is 0 Å². The molecule has 3 unspecified atom stereocenters. The molecule has 1 saturated heterocycles. The Labute approximate surface area is 210 Å². The van der Waals surface area contributed by atoms with Crippen LogP contribution in [0.15, 0.2) is 23.5 Å². The van der Waals surface area contributed by atoms with Crippen molar-refractivity contribution in [3.05, 3.63) is 18.5 Å². The van der Waals surface area contributed by atoms with Crippen LogP contribution >= 0.6 is 24.0 Å². The molecule has 2 aliphatic rings. The monoisotopic (exact) mass is 577 g/mol. The van der Waals surface area contributed by atoms with Crippen molar-refractivity contribution in [2.75, 3.05) is 50.4 Å². The average molecular weight is 578 g/mol. The molecule has 11 heteroatoms. The lowest BCUT2D eigenvalue weighted by molar-refractivity contribution is -0.131. The predicted octanol–water partition coefficient (Wildman–Crippen LogP) is 1.38. The normalized spacial score (nSPS) is 22.6. The number of piperazine rings is 1. The Morgan fingerprint density at radius 1 is 1.22 bits per heavy atom. The molecule has 1 aromatic heterocycles. The number of carbonyl (C=O) groups excluding carboxylic acids is 1. The molecule has 180 valence electrons. The van der Waals surface area contributed by atoms with Crippen molar-refractivity contribution >= 4 is 52.6 Å². The number of hydrogen-bond acceptors (Lipinski definition) is 6. The van der Waals surface area contributed by atoms with Crippen molar-refractivity contribution in [3.63, 3.8) is 0 Å². The van der Waals surface area contributed by atoms with Crippen molar-refractivity contribution < 1.29 is 9.00 Å². The van der Waals surface area contributed by atoms with Gasteiger partial charge in [0.05, 0.1) is 0 Å². The molecular formula is C21H36IN7O2S. The van der Waals surface area contributed by atoms with Gasteiger partial charge < -0.3 is 20.4 Å². The summed E-state index contributed by atoms with van der Waals surface area (Å²) in [6.45, 7) is 5.38. The number of nitrogens with one attached hydrogen (secondary N) is 2. The zero-order valence-corrected chi connectivity index (χ0v) is 22.2. The summed E-state index contributed by atoms with van der Waals surface area (Å²) in [5.74, 6) is 2.30. The minimum atomic E-state index is -0.742. The summed E-state index contributed by atoms with van der Waals surface area (Å²) in [4.78, 5) is 29.5. The standard InChI is InChI=1S/C21H35N7O2S.HI/c1-3-31(30)18-7-4-6-17(16-18)26-20(22-2)23-11-8-19(29)27-12-14-28(15-13-27)21-24-9-5-10-25-21;/h5,9-10,17-18H,3-4,6-8,11-16H2,1-2H3,(H2,22,23,26);1H. The van der Waals surface area contributed by atoms with Gasteiger partial charge in [-0.3, -0.25) is 14.0 Å².